The van der Waals surface area contributed by atoms with Gasteiger partial charge in [-0.3, -0.25) is 4.40 Å². The molecule has 0 aliphatic heterocycles. The van der Waals surface area contributed by atoms with Crippen molar-refractivity contribution in [2.75, 3.05) is 0 Å². The Balaban J connectivity index is 1.62. The van der Waals surface area contributed by atoms with Crippen molar-refractivity contribution in [2.24, 2.45) is 0 Å². The van der Waals surface area contributed by atoms with Gasteiger partial charge in [0.1, 0.15) is 5.65 Å². The summed E-state index contributed by atoms with van der Waals surface area (Å²) < 4.78 is 2.11. The van der Waals surface area contributed by atoms with E-state index in [0.717, 1.165) is 11.3 Å². The van der Waals surface area contributed by atoms with Crippen LogP contribution in [-0.4, -0.2) is 9.38 Å². The molecule has 0 fully saturated rings. The molecule has 2 aromatic heterocycles. The molecule has 2 heterocycles. The van der Waals surface area contributed by atoms with Gasteiger partial charge in [-0.25, -0.2) is 4.98 Å². The topological polar surface area (TPSA) is 17.3 Å². The van der Waals surface area contributed by atoms with Gasteiger partial charge >= 0.3 is 0 Å². The molecular weight excluding hydrogens is 280 g/mol. The van der Waals surface area contributed by atoms with Crippen molar-refractivity contribution >= 4 is 17.8 Å². The minimum Gasteiger partial charge on any atom is -0.300 e. The van der Waals surface area contributed by atoms with E-state index >= 15 is 0 Å². The standard InChI is InChI=1S/C21H16N2/c1-2-6-17(7-3-1)9-10-18-11-13-19(14-12-18)20-16-22-21-8-4-5-15-23(20)21/h1-16H/b10-9+. The second-order valence-electron chi connectivity index (χ2n) is 5.44. The fraction of sp³-hybridized carbons (Fsp3) is 0. The van der Waals surface area contributed by atoms with Crippen LogP contribution in [0, 0.1) is 0 Å². The minimum absolute atomic E-state index is 0.968. The largest absolute Gasteiger partial charge is 0.300 e. The van der Waals surface area contributed by atoms with Gasteiger partial charge in [-0.1, -0.05) is 72.8 Å². The molecule has 0 atom stereocenters. The summed E-state index contributed by atoms with van der Waals surface area (Å²) in [7, 11) is 0. The third-order valence-electron chi connectivity index (χ3n) is 3.89. The molecule has 4 rings (SSSR count). The summed E-state index contributed by atoms with van der Waals surface area (Å²) >= 11 is 0. The highest BCUT2D eigenvalue weighted by Crippen LogP contribution is 2.21. The molecule has 0 saturated carbocycles. The zero-order valence-electron chi connectivity index (χ0n) is 12.6. The lowest BCUT2D eigenvalue weighted by Gasteiger charge is -2.02. The Hall–Kier alpha value is -3.13. The average molecular weight is 296 g/mol. The van der Waals surface area contributed by atoms with Crippen LogP contribution in [0.1, 0.15) is 11.1 Å². The Kier molecular flexibility index (Phi) is 3.49. The summed E-state index contributed by atoms with van der Waals surface area (Å²) in [5.74, 6) is 0. The molecule has 0 unspecified atom stereocenters. The summed E-state index contributed by atoms with van der Waals surface area (Å²) in [6.45, 7) is 0. The van der Waals surface area contributed by atoms with Crippen LogP contribution in [-0.2, 0) is 0 Å². The molecule has 110 valence electrons. The van der Waals surface area contributed by atoms with Gasteiger partial charge in [0.2, 0.25) is 0 Å². The van der Waals surface area contributed by atoms with E-state index < -0.39 is 0 Å². The molecular formula is C21H16N2. The SMILES string of the molecule is C(=C\c1ccc(-c2cnc3ccccn23)cc1)/c1ccccc1. The van der Waals surface area contributed by atoms with Crippen LogP contribution in [0.4, 0.5) is 0 Å². The predicted molar refractivity (Wildman–Crippen MR) is 96.0 cm³/mol. The Morgan fingerprint density at radius 3 is 2.17 bits per heavy atom. The summed E-state index contributed by atoms with van der Waals surface area (Å²) in [4.78, 5) is 4.44. The number of pyridine rings is 1. The quantitative estimate of drug-likeness (QED) is 0.477. The molecule has 0 radical (unpaired) electrons. The maximum absolute atomic E-state index is 4.44. The Labute approximate surface area is 135 Å². The Morgan fingerprint density at radius 2 is 1.39 bits per heavy atom. The molecule has 2 nitrogen and oxygen atoms in total. The normalized spacial score (nSPS) is 11.3. The van der Waals surface area contributed by atoms with Crippen LogP contribution >= 0.6 is 0 Å². The van der Waals surface area contributed by atoms with E-state index in [1.54, 1.807) is 0 Å². The van der Waals surface area contributed by atoms with Crippen LogP contribution < -0.4 is 0 Å². The summed E-state index contributed by atoms with van der Waals surface area (Å²) in [5.41, 5.74) is 5.64. The van der Waals surface area contributed by atoms with Crippen molar-refractivity contribution in [1.29, 1.82) is 0 Å². The van der Waals surface area contributed by atoms with E-state index in [-0.39, 0.29) is 0 Å². The average Bonchev–Trinajstić information content (AvgIpc) is 3.05. The minimum atomic E-state index is 0.968. The zero-order valence-corrected chi connectivity index (χ0v) is 12.6. The number of aromatic nitrogens is 2. The predicted octanol–water partition coefficient (Wildman–Crippen LogP) is 5.17. The lowest BCUT2D eigenvalue weighted by atomic mass is 10.1. The third kappa shape index (κ3) is 2.79. The fourth-order valence-electron chi connectivity index (χ4n) is 2.67. The Bertz CT molecular complexity index is 948. The molecule has 0 aliphatic carbocycles. The van der Waals surface area contributed by atoms with Gasteiger partial charge in [-0.15, -0.1) is 0 Å². The van der Waals surface area contributed by atoms with Gasteiger partial charge in [0, 0.05) is 11.8 Å². The monoisotopic (exact) mass is 296 g/mol. The van der Waals surface area contributed by atoms with Gasteiger partial charge in [-0.2, -0.15) is 0 Å². The highest BCUT2D eigenvalue weighted by atomic mass is 15.0. The second kappa shape index (κ2) is 5.93. The van der Waals surface area contributed by atoms with Crippen LogP contribution in [0.25, 0.3) is 29.1 Å². The first-order valence-electron chi connectivity index (χ1n) is 7.66. The lowest BCUT2D eigenvalue weighted by Crippen LogP contribution is -1.86. The van der Waals surface area contributed by atoms with Crippen molar-refractivity contribution in [2.45, 2.75) is 0 Å². The first-order chi connectivity index (χ1) is 11.4. The maximum atomic E-state index is 4.44. The molecule has 4 aromatic rings. The smallest absolute Gasteiger partial charge is 0.137 e. The van der Waals surface area contributed by atoms with Crippen molar-refractivity contribution in [3.05, 3.63) is 96.3 Å². The molecule has 23 heavy (non-hydrogen) atoms. The van der Waals surface area contributed by atoms with Crippen molar-refractivity contribution in [3.8, 4) is 11.3 Å². The number of benzene rings is 2. The highest BCUT2D eigenvalue weighted by molar-refractivity contribution is 5.72. The van der Waals surface area contributed by atoms with Crippen molar-refractivity contribution in [1.82, 2.24) is 9.38 Å². The van der Waals surface area contributed by atoms with Gasteiger partial charge < -0.3 is 0 Å². The van der Waals surface area contributed by atoms with E-state index in [1.807, 2.05) is 48.8 Å². The van der Waals surface area contributed by atoms with Crippen LogP contribution in [0.3, 0.4) is 0 Å². The molecule has 2 aromatic carbocycles. The van der Waals surface area contributed by atoms with Crippen LogP contribution in [0.2, 0.25) is 0 Å². The van der Waals surface area contributed by atoms with E-state index in [1.165, 1.54) is 16.7 Å². The molecule has 0 saturated heterocycles. The van der Waals surface area contributed by atoms with E-state index in [9.17, 15) is 0 Å². The number of fused-ring (bicyclic) bond motifs is 1. The van der Waals surface area contributed by atoms with E-state index in [0.29, 0.717) is 0 Å². The van der Waals surface area contributed by atoms with Crippen LogP contribution in [0.5, 0.6) is 0 Å². The fourth-order valence-corrected chi connectivity index (χ4v) is 2.67. The first-order valence-corrected chi connectivity index (χ1v) is 7.66. The molecule has 0 bridgehead atoms. The number of hydrogen-bond acceptors (Lipinski definition) is 1. The Morgan fingerprint density at radius 1 is 0.696 bits per heavy atom. The summed E-state index contributed by atoms with van der Waals surface area (Å²) in [5, 5.41) is 0. The van der Waals surface area contributed by atoms with E-state index in [2.05, 4.69) is 57.9 Å². The van der Waals surface area contributed by atoms with Crippen LogP contribution in [0.15, 0.2) is 85.2 Å². The summed E-state index contributed by atoms with van der Waals surface area (Å²) in [6, 6.07) is 24.9. The second-order valence-corrected chi connectivity index (χ2v) is 5.44. The van der Waals surface area contributed by atoms with Crippen molar-refractivity contribution < 1.29 is 0 Å². The molecule has 0 amide bonds. The number of hydrogen-bond donors (Lipinski definition) is 0. The maximum Gasteiger partial charge on any atom is 0.137 e. The van der Waals surface area contributed by atoms with Gasteiger partial charge in [0.25, 0.3) is 0 Å². The molecule has 0 N–H and O–H groups in total. The zero-order chi connectivity index (χ0) is 15.5. The van der Waals surface area contributed by atoms with E-state index in [4.69, 9.17) is 0 Å². The van der Waals surface area contributed by atoms with Gasteiger partial charge in [0.05, 0.1) is 11.9 Å². The molecule has 0 spiro atoms. The highest BCUT2D eigenvalue weighted by Gasteiger charge is 2.04. The number of rotatable bonds is 3. The third-order valence-corrected chi connectivity index (χ3v) is 3.89. The lowest BCUT2D eigenvalue weighted by molar-refractivity contribution is 1.19. The molecule has 2 heteroatoms. The first kappa shape index (κ1) is 13.5. The van der Waals surface area contributed by atoms with Gasteiger partial charge in [-0.05, 0) is 23.3 Å². The van der Waals surface area contributed by atoms with Crippen molar-refractivity contribution in [3.63, 3.8) is 0 Å². The summed E-state index contributed by atoms with van der Waals surface area (Å²) in [6.07, 6.45) is 8.22. The molecule has 0 aliphatic rings. The number of imidazole rings is 1. The number of nitrogens with zero attached hydrogens (tertiary/aromatic N) is 2. The van der Waals surface area contributed by atoms with Gasteiger partial charge in [0.15, 0.2) is 0 Å².